The highest BCUT2D eigenvalue weighted by Crippen LogP contribution is 2.34. The van der Waals surface area contributed by atoms with Crippen LogP contribution in [0.25, 0.3) is 10.8 Å². The van der Waals surface area contributed by atoms with Crippen LogP contribution >= 0.6 is 0 Å². The number of rotatable bonds is 4. The van der Waals surface area contributed by atoms with Gasteiger partial charge in [0.1, 0.15) is 0 Å². The van der Waals surface area contributed by atoms with Crippen LogP contribution < -0.4 is 14.5 Å². The Morgan fingerprint density at radius 2 is 1.75 bits per heavy atom. The highest BCUT2D eigenvalue weighted by atomic mass is 32.2. The van der Waals surface area contributed by atoms with Crippen LogP contribution in [0.5, 0.6) is 0 Å². The van der Waals surface area contributed by atoms with Gasteiger partial charge in [-0.05, 0) is 67.6 Å². The van der Waals surface area contributed by atoms with E-state index in [1.165, 1.54) is 35.5 Å². The zero-order valence-corrected chi connectivity index (χ0v) is 18.9. The average molecular weight is 451 g/mol. The number of aromatic nitrogens is 1. The van der Waals surface area contributed by atoms with Crippen LogP contribution in [0.2, 0.25) is 0 Å². The van der Waals surface area contributed by atoms with E-state index >= 15 is 0 Å². The van der Waals surface area contributed by atoms with Gasteiger partial charge >= 0.3 is 0 Å². The van der Waals surface area contributed by atoms with Crippen LogP contribution in [0, 0.1) is 0 Å². The minimum atomic E-state index is -3.31. The Kier molecular flexibility index (Phi) is 5.25. The molecule has 1 aromatic heterocycles. The second-order valence-corrected chi connectivity index (χ2v) is 10.4. The van der Waals surface area contributed by atoms with Crippen molar-refractivity contribution in [3.63, 3.8) is 0 Å². The van der Waals surface area contributed by atoms with Crippen LogP contribution in [0.1, 0.15) is 35.2 Å². The SMILES string of the molecule is CS(=O)(=O)N1CCc2cc(C(=O)Nc3ccc(N4CCCCC4)c4ccncc34)ccc21. The van der Waals surface area contributed by atoms with Gasteiger partial charge in [-0.15, -0.1) is 0 Å². The van der Waals surface area contributed by atoms with E-state index < -0.39 is 10.0 Å². The molecule has 0 saturated carbocycles. The average Bonchev–Trinajstić information content (AvgIpc) is 3.24. The zero-order valence-electron chi connectivity index (χ0n) is 18.0. The first kappa shape index (κ1) is 20.8. The Morgan fingerprint density at radius 1 is 0.969 bits per heavy atom. The van der Waals surface area contributed by atoms with Gasteiger partial charge in [0, 0.05) is 54.1 Å². The molecule has 2 aliphatic heterocycles. The van der Waals surface area contributed by atoms with Gasteiger partial charge < -0.3 is 10.2 Å². The molecule has 2 aliphatic rings. The van der Waals surface area contributed by atoms with Crippen LogP contribution in [-0.4, -0.2) is 45.2 Å². The van der Waals surface area contributed by atoms with E-state index in [0.29, 0.717) is 24.2 Å². The third-order valence-corrected chi connectivity index (χ3v) is 7.51. The molecule has 8 heteroatoms. The molecule has 2 aromatic carbocycles. The lowest BCUT2D eigenvalue weighted by molar-refractivity contribution is 0.102. The van der Waals surface area contributed by atoms with Crippen LogP contribution in [-0.2, 0) is 16.4 Å². The molecule has 5 rings (SSSR count). The number of anilines is 3. The monoisotopic (exact) mass is 450 g/mol. The molecule has 0 spiro atoms. The maximum Gasteiger partial charge on any atom is 0.255 e. The van der Waals surface area contributed by atoms with Gasteiger partial charge in [0.2, 0.25) is 10.0 Å². The van der Waals surface area contributed by atoms with Gasteiger partial charge in [0.05, 0.1) is 17.6 Å². The number of carbonyl (C=O) groups excluding carboxylic acids is 1. The lowest BCUT2D eigenvalue weighted by atomic mass is 10.0. The van der Waals surface area contributed by atoms with Gasteiger partial charge in [0.15, 0.2) is 0 Å². The van der Waals surface area contributed by atoms with Gasteiger partial charge in [-0.3, -0.25) is 14.1 Å². The number of hydrogen-bond acceptors (Lipinski definition) is 5. The zero-order chi connectivity index (χ0) is 22.3. The molecule has 0 aliphatic carbocycles. The highest BCUT2D eigenvalue weighted by Gasteiger charge is 2.27. The summed E-state index contributed by atoms with van der Waals surface area (Å²) in [6, 6.07) is 11.2. The summed E-state index contributed by atoms with van der Waals surface area (Å²) in [6.45, 7) is 2.50. The van der Waals surface area contributed by atoms with E-state index in [0.717, 1.165) is 35.1 Å². The smallest absolute Gasteiger partial charge is 0.255 e. The molecule has 0 atom stereocenters. The molecule has 1 N–H and O–H groups in total. The van der Waals surface area contributed by atoms with Crippen molar-refractivity contribution in [2.75, 3.05) is 40.4 Å². The predicted octanol–water partition coefficient (Wildman–Crippen LogP) is 3.80. The lowest BCUT2D eigenvalue weighted by Gasteiger charge is -2.30. The number of piperidine rings is 1. The topological polar surface area (TPSA) is 82.6 Å². The summed E-state index contributed by atoms with van der Waals surface area (Å²) >= 11 is 0. The molecule has 0 unspecified atom stereocenters. The summed E-state index contributed by atoms with van der Waals surface area (Å²) in [5, 5.41) is 5.03. The Hall–Kier alpha value is -3.13. The first-order valence-electron chi connectivity index (χ1n) is 11.0. The van der Waals surface area contributed by atoms with E-state index in [4.69, 9.17) is 0 Å². The van der Waals surface area contributed by atoms with Crippen LogP contribution in [0.15, 0.2) is 48.8 Å². The fourth-order valence-corrected chi connectivity index (χ4v) is 5.70. The number of pyridine rings is 1. The highest BCUT2D eigenvalue weighted by molar-refractivity contribution is 7.92. The van der Waals surface area contributed by atoms with Crippen molar-refractivity contribution >= 4 is 43.8 Å². The molecule has 3 aromatic rings. The summed E-state index contributed by atoms with van der Waals surface area (Å²) in [6.07, 6.45) is 9.05. The normalized spacial score (nSPS) is 16.3. The summed E-state index contributed by atoms with van der Waals surface area (Å²) < 4.78 is 25.3. The van der Waals surface area contributed by atoms with Crippen molar-refractivity contribution in [3.05, 3.63) is 59.9 Å². The molecule has 32 heavy (non-hydrogen) atoms. The van der Waals surface area contributed by atoms with Gasteiger partial charge in [-0.2, -0.15) is 0 Å². The number of sulfonamides is 1. The Labute approximate surface area is 188 Å². The number of nitrogens with zero attached hydrogens (tertiary/aromatic N) is 3. The molecule has 1 amide bonds. The van der Waals surface area contributed by atoms with Crippen molar-refractivity contribution in [3.8, 4) is 0 Å². The van der Waals surface area contributed by atoms with Crippen molar-refractivity contribution < 1.29 is 13.2 Å². The van der Waals surface area contributed by atoms with E-state index in [2.05, 4.69) is 21.3 Å². The van der Waals surface area contributed by atoms with E-state index in [1.807, 2.05) is 12.1 Å². The van der Waals surface area contributed by atoms with E-state index in [1.54, 1.807) is 30.6 Å². The number of fused-ring (bicyclic) bond motifs is 2. The number of carbonyl (C=O) groups is 1. The number of hydrogen-bond donors (Lipinski definition) is 1. The molecule has 7 nitrogen and oxygen atoms in total. The largest absolute Gasteiger partial charge is 0.371 e. The molecule has 1 saturated heterocycles. The van der Waals surface area contributed by atoms with Crippen LogP contribution in [0.3, 0.4) is 0 Å². The van der Waals surface area contributed by atoms with Crippen molar-refractivity contribution in [2.24, 2.45) is 0 Å². The third-order valence-electron chi connectivity index (χ3n) is 6.33. The molecule has 3 heterocycles. The van der Waals surface area contributed by atoms with E-state index in [9.17, 15) is 13.2 Å². The van der Waals surface area contributed by atoms with Gasteiger partial charge in [-0.25, -0.2) is 8.42 Å². The quantitative estimate of drug-likeness (QED) is 0.654. The Morgan fingerprint density at radius 3 is 2.53 bits per heavy atom. The first-order valence-corrected chi connectivity index (χ1v) is 12.8. The fourth-order valence-electron chi connectivity index (χ4n) is 4.75. The summed E-state index contributed by atoms with van der Waals surface area (Å²) in [5.74, 6) is -0.221. The maximum atomic E-state index is 13.0. The van der Waals surface area contributed by atoms with Gasteiger partial charge in [0.25, 0.3) is 5.91 Å². The Bertz CT molecular complexity index is 1300. The molecule has 0 radical (unpaired) electrons. The molecule has 166 valence electrons. The molecule has 0 bridgehead atoms. The number of amides is 1. The fraction of sp³-hybridized carbons (Fsp3) is 0.333. The predicted molar refractivity (Wildman–Crippen MR) is 128 cm³/mol. The second-order valence-electron chi connectivity index (χ2n) is 8.48. The minimum Gasteiger partial charge on any atom is -0.371 e. The Balaban J connectivity index is 1.43. The van der Waals surface area contributed by atoms with Crippen molar-refractivity contribution in [2.45, 2.75) is 25.7 Å². The molecule has 1 fully saturated rings. The van der Waals surface area contributed by atoms with Crippen molar-refractivity contribution in [1.29, 1.82) is 0 Å². The first-order chi connectivity index (χ1) is 15.4. The standard InChI is InChI=1S/C24H26N4O3S/c1-32(30,31)28-14-10-17-15-18(5-7-22(17)28)24(29)26-21-6-8-23(27-12-3-2-4-13-27)19-9-11-25-16-20(19)21/h5-9,11,15-16H,2-4,10,12-14H2,1H3,(H,26,29). The van der Waals surface area contributed by atoms with E-state index in [-0.39, 0.29) is 5.91 Å². The van der Waals surface area contributed by atoms with Crippen LogP contribution in [0.4, 0.5) is 17.1 Å². The number of benzene rings is 2. The van der Waals surface area contributed by atoms with Crippen molar-refractivity contribution in [1.82, 2.24) is 4.98 Å². The maximum absolute atomic E-state index is 13.0. The summed E-state index contributed by atoms with van der Waals surface area (Å²) in [4.78, 5) is 19.7. The number of nitrogens with one attached hydrogen (secondary N) is 1. The third kappa shape index (κ3) is 3.79. The summed E-state index contributed by atoms with van der Waals surface area (Å²) in [5.41, 5.74) is 3.94. The second kappa shape index (κ2) is 8.09. The molecular formula is C24H26N4O3S. The lowest BCUT2D eigenvalue weighted by Crippen LogP contribution is -2.29. The summed E-state index contributed by atoms with van der Waals surface area (Å²) in [7, 11) is -3.31. The van der Waals surface area contributed by atoms with Gasteiger partial charge in [-0.1, -0.05) is 0 Å². The molecular weight excluding hydrogens is 424 g/mol. The minimum absolute atomic E-state index is 0.221.